The molecule has 2 aromatic rings. The van der Waals surface area contributed by atoms with Crippen LogP contribution < -0.4 is 14.8 Å². The molecule has 0 radical (unpaired) electrons. The standard InChI is InChI=1S/C21H23NO3/c1-14(2)10-11-25-19-9-8-15(13-20(19)24-3)12-17-16-6-4-5-7-18(16)22-21(17)23/h4-9,12-14H,10-11H2,1-3H3,(H,22,23)/b17-12-. The molecule has 0 saturated heterocycles. The monoisotopic (exact) mass is 337 g/mol. The Morgan fingerprint density at radius 1 is 1.12 bits per heavy atom. The Balaban J connectivity index is 1.85. The fourth-order valence-corrected chi connectivity index (χ4v) is 2.75. The number of fused-ring (bicyclic) bond motifs is 1. The normalized spacial score (nSPS) is 14.6. The van der Waals surface area contributed by atoms with E-state index in [1.807, 2.05) is 48.5 Å². The van der Waals surface area contributed by atoms with Crippen LogP contribution in [0.4, 0.5) is 5.69 Å². The zero-order valence-electron chi connectivity index (χ0n) is 14.8. The molecule has 3 rings (SSSR count). The summed E-state index contributed by atoms with van der Waals surface area (Å²) < 4.78 is 11.3. The average molecular weight is 337 g/mol. The molecular formula is C21H23NO3. The van der Waals surface area contributed by atoms with Gasteiger partial charge in [0, 0.05) is 16.8 Å². The summed E-state index contributed by atoms with van der Waals surface area (Å²) in [6, 6.07) is 13.4. The Labute approximate surface area is 148 Å². The number of para-hydroxylation sites is 1. The quantitative estimate of drug-likeness (QED) is 0.783. The number of amides is 1. The first-order valence-electron chi connectivity index (χ1n) is 8.51. The van der Waals surface area contributed by atoms with Crippen molar-refractivity contribution < 1.29 is 14.3 Å². The predicted molar refractivity (Wildman–Crippen MR) is 101 cm³/mol. The molecule has 1 heterocycles. The largest absolute Gasteiger partial charge is 0.493 e. The van der Waals surface area contributed by atoms with E-state index in [0.29, 0.717) is 23.8 Å². The van der Waals surface area contributed by atoms with E-state index < -0.39 is 0 Å². The van der Waals surface area contributed by atoms with Crippen LogP contribution in [0.15, 0.2) is 42.5 Å². The first kappa shape index (κ1) is 17.1. The summed E-state index contributed by atoms with van der Waals surface area (Å²) in [7, 11) is 1.62. The molecule has 130 valence electrons. The van der Waals surface area contributed by atoms with Gasteiger partial charge in [-0.2, -0.15) is 0 Å². The highest BCUT2D eigenvalue weighted by molar-refractivity contribution is 6.34. The molecule has 1 aliphatic heterocycles. The second-order valence-corrected chi connectivity index (χ2v) is 6.50. The van der Waals surface area contributed by atoms with Crippen LogP contribution in [0.2, 0.25) is 0 Å². The van der Waals surface area contributed by atoms with Crippen LogP contribution in [0.5, 0.6) is 11.5 Å². The van der Waals surface area contributed by atoms with Crippen molar-refractivity contribution in [3.8, 4) is 11.5 Å². The molecule has 0 bridgehead atoms. The number of nitrogens with one attached hydrogen (secondary N) is 1. The molecule has 4 nitrogen and oxygen atoms in total. The number of methoxy groups -OCH3 is 1. The van der Waals surface area contributed by atoms with Gasteiger partial charge in [-0.15, -0.1) is 0 Å². The predicted octanol–water partition coefficient (Wildman–Crippen LogP) is 4.61. The number of ether oxygens (including phenoxy) is 2. The Kier molecular flexibility index (Phi) is 5.08. The first-order chi connectivity index (χ1) is 12.1. The average Bonchev–Trinajstić information content (AvgIpc) is 2.91. The van der Waals surface area contributed by atoms with Gasteiger partial charge >= 0.3 is 0 Å². The van der Waals surface area contributed by atoms with E-state index >= 15 is 0 Å². The minimum absolute atomic E-state index is 0.0857. The third kappa shape index (κ3) is 3.85. The van der Waals surface area contributed by atoms with Crippen LogP contribution in [0.3, 0.4) is 0 Å². The summed E-state index contributed by atoms with van der Waals surface area (Å²) in [6.07, 6.45) is 2.87. The highest BCUT2D eigenvalue weighted by atomic mass is 16.5. The number of benzene rings is 2. The van der Waals surface area contributed by atoms with Gasteiger partial charge in [-0.1, -0.05) is 38.1 Å². The fourth-order valence-electron chi connectivity index (χ4n) is 2.75. The topological polar surface area (TPSA) is 47.6 Å². The molecule has 0 fully saturated rings. The van der Waals surface area contributed by atoms with Crippen LogP contribution >= 0.6 is 0 Å². The summed E-state index contributed by atoms with van der Waals surface area (Å²) in [4.78, 5) is 12.2. The smallest absolute Gasteiger partial charge is 0.256 e. The molecule has 0 aromatic heterocycles. The van der Waals surface area contributed by atoms with Gasteiger partial charge in [-0.25, -0.2) is 0 Å². The van der Waals surface area contributed by atoms with Gasteiger partial charge in [-0.05, 0) is 42.2 Å². The van der Waals surface area contributed by atoms with Crippen LogP contribution in [0.1, 0.15) is 31.4 Å². The van der Waals surface area contributed by atoms with E-state index in [9.17, 15) is 4.79 Å². The lowest BCUT2D eigenvalue weighted by molar-refractivity contribution is -0.110. The lowest BCUT2D eigenvalue weighted by atomic mass is 10.0. The van der Waals surface area contributed by atoms with Crippen molar-refractivity contribution >= 4 is 23.2 Å². The summed E-state index contributed by atoms with van der Waals surface area (Å²) in [5.74, 6) is 1.90. The van der Waals surface area contributed by atoms with Crippen molar-refractivity contribution in [2.45, 2.75) is 20.3 Å². The van der Waals surface area contributed by atoms with Gasteiger partial charge in [-0.3, -0.25) is 4.79 Å². The second-order valence-electron chi connectivity index (χ2n) is 6.50. The molecule has 0 aliphatic carbocycles. The van der Waals surface area contributed by atoms with Crippen molar-refractivity contribution in [2.24, 2.45) is 5.92 Å². The second kappa shape index (κ2) is 7.43. The number of carbonyl (C=O) groups is 1. The van der Waals surface area contributed by atoms with Gasteiger partial charge in [0.2, 0.25) is 0 Å². The number of carbonyl (C=O) groups excluding carboxylic acids is 1. The molecule has 0 atom stereocenters. The molecular weight excluding hydrogens is 314 g/mol. The van der Waals surface area contributed by atoms with Crippen LogP contribution in [-0.4, -0.2) is 19.6 Å². The van der Waals surface area contributed by atoms with Crippen molar-refractivity contribution in [3.63, 3.8) is 0 Å². The molecule has 0 unspecified atom stereocenters. The number of anilines is 1. The summed E-state index contributed by atoms with van der Waals surface area (Å²) in [5, 5.41) is 2.88. The summed E-state index contributed by atoms with van der Waals surface area (Å²) in [6.45, 7) is 4.99. The van der Waals surface area contributed by atoms with Crippen LogP contribution in [0, 0.1) is 5.92 Å². The minimum atomic E-state index is -0.0857. The van der Waals surface area contributed by atoms with E-state index in [4.69, 9.17) is 9.47 Å². The molecule has 2 aromatic carbocycles. The van der Waals surface area contributed by atoms with Crippen molar-refractivity contribution in [2.75, 3.05) is 19.0 Å². The molecule has 1 N–H and O–H groups in total. The Hall–Kier alpha value is -2.75. The van der Waals surface area contributed by atoms with E-state index in [2.05, 4.69) is 19.2 Å². The van der Waals surface area contributed by atoms with Crippen molar-refractivity contribution in [1.82, 2.24) is 0 Å². The highest BCUT2D eigenvalue weighted by Gasteiger charge is 2.23. The number of hydrogen-bond acceptors (Lipinski definition) is 3. The Morgan fingerprint density at radius 3 is 2.68 bits per heavy atom. The molecule has 0 spiro atoms. The number of hydrogen-bond donors (Lipinski definition) is 1. The minimum Gasteiger partial charge on any atom is -0.493 e. The van der Waals surface area contributed by atoms with Gasteiger partial charge in [0.15, 0.2) is 11.5 Å². The SMILES string of the molecule is COc1cc(/C=C2\C(=O)Nc3ccccc32)ccc1OCCC(C)C. The molecule has 1 amide bonds. The van der Waals surface area contributed by atoms with E-state index in [1.54, 1.807) is 7.11 Å². The van der Waals surface area contributed by atoms with Gasteiger partial charge in [0.1, 0.15) is 0 Å². The zero-order valence-corrected chi connectivity index (χ0v) is 14.8. The Morgan fingerprint density at radius 2 is 1.92 bits per heavy atom. The molecule has 0 saturated carbocycles. The summed E-state index contributed by atoms with van der Waals surface area (Å²) in [5.41, 5.74) is 3.32. The maximum Gasteiger partial charge on any atom is 0.256 e. The zero-order chi connectivity index (χ0) is 17.8. The van der Waals surface area contributed by atoms with Gasteiger partial charge in [0.05, 0.1) is 13.7 Å². The molecule has 4 heteroatoms. The maximum atomic E-state index is 12.2. The van der Waals surface area contributed by atoms with Gasteiger partial charge < -0.3 is 14.8 Å². The van der Waals surface area contributed by atoms with Gasteiger partial charge in [0.25, 0.3) is 5.91 Å². The molecule has 1 aliphatic rings. The summed E-state index contributed by atoms with van der Waals surface area (Å²) >= 11 is 0. The van der Waals surface area contributed by atoms with E-state index in [0.717, 1.165) is 29.0 Å². The van der Waals surface area contributed by atoms with E-state index in [-0.39, 0.29) is 5.91 Å². The number of rotatable bonds is 6. The lowest BCUT2D eigenvalue weighted by Crippen LogP contribution is -2.04. The van der Waals surface area contributed by atoms with Crippen LogP contribution in [-0.2, 0) is 4.79 Å². The fraction of sp³-hybridized carbons (Fsp3) is 0.286. The Bertz CT molecular complexity index is 809. The van der Waals surface area contributed by atoms with Crippen molar-refractivity contribution in [1.29, 1.82) is 0 Å². The highest BCUT2D eigenvalue weighted by Crippen LogP contribution is 2.34. The third-order valence-corrected chi connectivity index (χ3v) is 4.16. The first-order valence-corrected chi connectivity index (χ1v) is 8.51. The van der Waals surface area contributed by atoms with E-state index in [1.165, 1.54) is 0 Å². The molecule has 25 heavy (non-hydrogen) atoms. The van der Waals surface area contributed by atoms with Crippen LogP contribution in [0.25, 0.3) is 11.6 Å². The lowest BCUT2D eigenvalue weighted by Gasteiger charge is -2.12. The maximum absolute atomic E-state index is 12.2. The van der Waals surface area contributed by atoms with Crippen molar-refractivity contribution in [3.05, 3.63) is 53.6 Å². The third-order valence-electron chi connectivity index (χ3n) is 4.16.